The van der Waals surface area contributed by atoms with Gasteiger partial charge in [0.25, 0.3) is 5.91 Å². The van der Waals surface area contributed by atoms with Crippen LogP contribution in [-0.2, 0) is 10.9 Å². The Morgan fingerprint density at radius 3 is 2.35 bits per heavy atom. The van der Waals surface area contributed by atoms with Crippen molar-refractivity contribution in [2.45, 2.75) is 13.1 Å². The van der Waals surface area contributed by atoms with Crippen molar-refractivity contribution in [2.75, 3.05) is 12.4 Å². The monoisotopic (exact) mass is 431 g/mol. The molecule has 1 N–H and O–H groups in total. The van der Waals surface area contributed by atoms with Gasteiger partial charge in [0.05, 0.1) is 23.9 Å². The smallest absolute Gasteiger partial charge is 0.416 e. The molecule has 3 rings (SSSR count). The Kier molecular flexibility index (Phi) is 5.91. The van der Waals surface area contributed by atoms with Crippen LogP contribution in [0, 0.1) is 6.92 Å². The van der Waals surface area contributed by atoms with Crippen LogP contribution in [0.25, 0.3) is 5.69 Å². The van der Waals surface area contributed by atoms with Gasteiger partial charge in [0, 0.05) is 17.4 Å². The minimum Gasteiger partial charge on any atom is -0.465 e. The minimum atomic E-state index is -4.56. The van der Waals surface area contributed by atoms with Gasteiger partial charge in [-0.15, -0.1) is 0 Å². The fourth-order valence-electron chi connectivity index (χ4n) is 2.78. The molecule has 10 heteroatoms. The molecule has 1 aromatic heterocycles. The van der Waals surface area contributed by atoms with Gasteiger partial charge in [-0.1, -0.05) is 6.07 Å². The van der Waals surface area contributed by atoms with E-state index in [0.717, 1.165) is 22.9 Å². The number of amides is 1. The standard InChI is InChI=1S/C21H16F3N3O4/c1-12-10-17(28)18(19(29)25-15-8-6-13(7-9-15)20(30)31-2)26-27(12)16-5-3-4-14(11-16)21(22,23)24/h3-11H,1-2H3,(H,25,29). The summed E-state index contributed by atoms with van der Waals surface area (Å²) in [6.45, 7) is 1.49. The summed E-state index contributed by atoms with van der Waals surface area (Å²) < 4.78 is 44.8. The fourth-order valence-corrected chi connectivity index (χ4v) is 2.78. The summed E-state index contributed by atoms with van der Waals surface area (Å²) in [6.07, 6.45) is -4.56. The number of carbonyl (C=O) groups excluding carboxylic acids is 2. The van der Waals surface area contributed by atoms with Crippen LogP contribution in [0.1, 0.15) is 32.1 Å². The van der Waals surface area contributed by atoms with Gasteiger partial charge in [-0.3, -0.25) is 9.59 Å². The van der Waals surface area contributed by atoms with Crippen molar-refractivity contribution >= 4 is 17.6 Å². The summed E-state index contributed by atoms with van der Waals surface area (Å²) in [7, 11) is 1.23. The quantitative estimate of drug-likeness (QED) is 0.638. The third kappa shape index (κ3) is 4.80. The van der Waals surface area contributed by atoms with Gasteiger partial charge in [-0.2, -0.15) is 18.3 Å². The van der Waals surface area contributed by atoms with Crippen LogP contribution < -0.4 is 10.7 Å². The Morgan fingerprint density at radius 1 is 1.06 bits per heavy atom. The van der Waals surface area contributed by atoms with Crippen LogP contribution in [0.3, 0.4) is 0 Å². The van der Waals surface area contributed by atoms with E-state index < -0.39 is 34.7 Å². The molecule has 1 heterocycles. The predicted octanol–water partition coefficient (Wildman–Crippen LogP) is 3.60. The first-order valence-corrected chi connectivity index (χ1v) is 8.88. The predicted molar refractivity (Wildman–Crippen MR) is 105 cm³/mol. The van der Waals surface area contributed by atoms with Gasteiger partial charge in [-0.25, -0.2) is 9.48 Å². The molecular weight excluding hydrogens is 415 g/mol. The molecule has 31 heavy (non-hydrogen) atoms. The largest absolute Gasteiger partial charge is 0.465 e. The SMILES string of the molecule is COC(=O)c1ccc(NC(=O)c2nn(-c3cccc(C(F)(F)F)c3)c(C)cc2=O)cc1. The number of nitrogens with one attached hydrogen (secondary N) is 1. The van der Waals surface area contributed by atoms with E-state index in [-0.39, 0.29) is 22.6 Å². The molecule has 0 saturated heterocycles. The summed E-state index contributed by atoms with van der Waals surface area (Å²) in [5.74, 6) is -1.40. The van der Waals surface area contributed by atoms with E-state index in [1.165, 1.54) is 50.4 Å². The second kappa shape index (κ2) is 8.42. The second-order valence-electron chi connectivity index (χ2n) is 6.48. The molecule has 0 radical (unpaired) electrons. The zero-order chi connectivity index (χ0) is 22.8. The molecule has 0 saturated carbocycles. The topological polar surface area (TPSA) is 90.3 Å². The van der Waals surface area contributed by atoms with E-state index in [9.17, 15) is 27.6 Å². The third-order valence-corrected chi connectivity index (χ3v) is 4.30. The van der Waals surface area contributed by atoms with Gasteiger partial charge in [0.2, 0.25) is 5.43 Å². The first kappa shape index (κ1) is 21.8. The number of alkyl halides is 3. The normalized spacial score (nSPS) is 11.1. The molecule has 1 amide bonds. The Labute approximate surface area is 174 Å². The molecule has 160 valence electrons. The Hall–Kier alpha value is -3.95. The summed E-state index contributed by atoms with van der Waals surface area (Å²) in [5.41, 5.74) is -1.23. The average Bonchev–Trinajstić information content (AvgIpc) is 2.73. The number of halogens is 3. The van der Waals surface area contributed by atoms with Crippen molar-refractivity contribution in [1.82, 2.24) is 9.78 Å². The maximum atomic E-state index is 13.0. The molecule has 0 atom stereocenters. The molecule has 0 aliphatic rings. The zero-order valence-corrected chi connectivity index (χ0v) is 16.4. The molecule has 0 fully saturated rings. The molecule has 0 aliphatic carbocycles. The zero-order valence-electron chi connectivity index (χ0n) is 16.4. The van der Waals surface area contributed by atoms with Crippen LogP contribution in [0.15, 0.2) is 59.4 Å². The van der Waals surface area contributed by atoms with Crippen LogP contribution >= 0.6 is 0 Å². The summed E-state index contributed by atoms with van der Waals surface area (Å²) in [4.78, 5) is 36.3. The Morgan fingerprint density at radius 2 is 1.74 bits per heavy atom. The lowest BCUT2D eigenvalue weighted by Crippen LogP contribution is -2.27. The molecule has 0 aliphatic heterocycles. The van der Waals surface area contributed by atoms with Gasteiger partial charge in [-0.05, 0) is 49.4 Å². The highest BCUT2D eigenvalue weighted by atomic mass is 19.4. The number of aryl methyl sites for hydroxylation is 1. The molecule has 0 bridgehead atoms. The van der Waals surface area contributed by atoms with E-state index in [1.54, 1.807) is 0 Å². The number of rotatable bonds is 4. The Bertz CT molecular complexity index is 1200. The maximum absolute atomic E-state index is 13.0. The Balaban J connectivity index is 1.93. The average molecular weight is 431 g/mol. The summed E-state index contributed by atoms with van der Waals surface area (Å²) >= 11 is 0. The van der Waals surface area contributed by atoms with Crippen molar-refractivity contribution in [3.8, 4) is 5.69 Å². The summed E-state index contributed by atoms with van der Waals surface area (Å²) in [5, 5.41) is 6.44. The maximum Gasteiger partial charge on any atom is 0.416 e. The highest BCUT2D eigenvalue weighted by Crippen LogP contribution is 2.30. The first-order valence-electron chi connectivity index (χ1n) is 8.88. The lowest BCUT2D eigenvalue weighted by atomic mass is 10.2. The number of benzene rings is 2. The van der Waals surface area contributed by atoms with Crippen molar-refractivity contribution in [3.05, 3.63) is 87.3 Å². The van der Waals surface area contributed by atoms with Gasteiger partial charge in [0.15, 0.2) is 5.69 Å². The molecule has 0 spiro atoms. The van der Waals surface area contributed by atoms with Crippen molar-refractivity contribution in [2.24, 2.45) is 0 Å². The van der Waals surface area contributed by atoms with Gasteiger partial charge >= 0.3 is 12.1 Å². The van der Waals surface area contributed by atoms with E-state index in [2.05, 4.69) is 15.2 Å². The lowest BCUT2D eigenvalue weighted by molar-refractivity contribution is -0.137. The number of methoxy groups -OCH3 is 1. The van der Waals surface area contributed by atoms with Crippen LogP contribution in [-0.4, -0.2) is 28.8 Å². The highest BCUT2D eigenvalue weighted by Gasteiger charge is 2.30. The number of anilines is 1. The number of hydrogen-bond acceptors (Lipinski definition) is 5. The fraction of sp³-hybridized carbons (Fsp3) is 0.143. The van der Waals surface area contributed by atoms with Crippen molar-refractivity contribution in [1.29, 1.82) is 0 Å². The minimum absolute atomic E-state index is 0.0452. The first-order chi connectivity index (χ1) is 14.6. The second-order valence-corrected chi connectivity index (χ2v) is 6.48. The van der Waals surface area contributed by atoms with Crippen LogP contribution in [0.2, 0.25) is 0 Å². The van der Waals surface area contributed by atoms with Gasteiger partial charge < -0.3 is 10.1 Å². The van der Waals surface area contributed by atoms with Gasteiger partial charge in [0.1, 0.15) is 0 Å². The molecular formula is C21H16F3N3O4. The van der Waals surface area contributed by atoms with Crippen molar-refractivity contribution in [3.63, 3.8) is 0 Å². The number of ether oxygens (including phenoxy) is 1. The number of hydrogen-bond donors (Lipinski definition) is 1. The van der Waals surface area contributed by atoms with E-state index in [1.807, 2.05) is 0 Å². The number of aromatic nitrogens is 2. The number of carbonyl (C=O) groups is 2. The number of esters is 1. The number of nitrogens with zero attached hydrogens (tertiary/aromatic N) is 2. The third-order valence-electron chi connectivity index (χ3n) is 4.30. The lowest BCUT2D eigenvalue weighted by Gasteiger charge is -2.13. The van der Waals surface area contributed by atoms with Crippen LogP contribution in [0.5, 0.6) is 0 Å². The van der Waals surface area contributed by atoms with Crippen LogP contribution in [0.4, 0.5) is 18.9 Å². The molecule has 3 aromatic rings. The van der Waals surface area contributed by atoms with E-state index in [4.69, 9.17) is 0 Å². The summed E-state index contributed by atoms with van der Waals surface area (Å²) in [6, 6.07) is 11.2. The van der Waals surface area contributed by atoms with E-state index >= 15 is 0 Å². The van der Waals surface area contributed by atoms with Crippen molar-refractivity contribution < 1.29 is 27.5 Å². The molecule has 7 nitrogen and oxygen atoms in total. The molecule has 0 unspecified atom stereocenters. The molecule has 2 aromatic carbocycles. The van der Waals surface area contributed by atoms with E-state index in [0.29, 0.717) is 0 Å². The highest BCUT2D eigenvalue weighted by molar-refractivity contribution is 6.03.